The molecule has 1 aliphatic heterocycles. The molecule has 0 spiro atoms. The molecule has 6 heteroatoms. The number of aromatic nitrogens is 1. The highest BCUT2D eigenvalue weighted by molar-refractivity contribution is 9.10. The zero-order valence-electron chi connectivity index (χ0n) is 11.3. The molecule has 0 aliphatic carbocycles. The van der Waals surface area contributed by atoms with Crippen molar-refractivity contribution in [2.45, 2.75) is 25.3 Å². The Kier molecular flexibility index (Phi) is 3.71. The van der Waals surface area contributed by atoms with Gasteiger partial charge in [-0.25, -0.2) is 0 Å². The Morgan fingerprint density at radius 2 is 2.19 bits per heavy atom. The van der Waals surface area contributed by atoms with E-state index in [2.05, 4.69) is 20.9 Å². The summed E-state index contributed by atoms with van der Waals surface area (Å²) in [6.07, 6.45) is 1.62. The van der Waals surface area contributed by atoms with Gasteiger partial charge in [-0.2, -0.15) is 0 Å². The molecule has 3 rings (SSSR count). The maximum Gasteiger partial charge on any atom is 0.305 e. The Balaban J connectivity index is 1.87. The molecule has 21 heavy (non-hydrogen) atoms. The van der Waals surface area contributed by atoms with Gasteiger partial charge in [0.1, 0.15) is 5.69 Å². The second kappa shape index (κ2) is 5.52. The second-order valence-corrected chi connectivity index (χ2v) is 6.22. The number of likely N-dealkylation sites (tertiary alicyclic amines) is 1. The summed E-state index contributed by atoms with van der Waals surface area (Å²) in [6.45, 7) is 0.621. The Morgan fingerprint density at radius 1 is 1.38 bits per heavy atom. The van der Waals surface area contributed by atoms with Gasteiger partial charge < -0.3 is 15.0 Å². The smallest absolute Gasteiger partial charge is 0.305 e. The number of halogens is 1. The Morgan fingerprint density at radius 3 is 2.95 bits per heavy atom. The summed E-state index contributed by atoms with van der Waals surface area (Å²) in [7, 11) is 0. The first-order valence-electron chi connectivity index (χ1n) is 6.85. The van der Waals surface area contributed by atoms with Crippen LogP contribution in [-0.2, 0) is 4.79 Å². The first kappa shape index (κ1) is 14.1. The van der Waals surface area contributed by atoms with Crippen LogP contribution in [0.4, 0.5) is 0 Å². The van der Waals surface area contributed by atoms with E-state index in [1.807, 2.05) is 24.3 Å². The van der Waals surface area contributed by atoms with E-state index in [1.165, 1.54) is 0 Å². The first-order valence-corrected chi connectivity index (χ1v) is 7.65. The highest BCUT2D eigenvalue weighted by atomic mass is 79.9. The Bertz CT molecular complexity index is 710. The fourth-order valence-electron chi connectivity index (χ4n) is 2.89. The number of aromatic amines is 1. The van der Waals surface area contributed by atoms with E-state index in [9.17, 15) is 9.59 Å². The number of carbonyl (C=O) groups excluding carboxylic acids is 1. The lowest BCUT2D eigenvalue weighted by Gasteiger charge is -2.22. The van der Waals surface area contributed by atoms with Crippen LogP contribution < -0.4 is 0 Å². The van der Waals surface area contributed by atoms with Crippen molar-refractivity contribution >= 4 is 38.7 Å². The molecular weight excluding hydrogens is 336 g/mol. The molecule has 2 aromatic rings. The number of carboxylic acids is 1. The number of fused-ring (bicyclic) bond motifs is 1. The average molecular weight is 351 g/mol. The minimum Gasteiger partial charge on any atom is -0.481 e. The van der Waals surface area contributed by atoms with E-state index in [4.69, 9.17) is 5.11 Å². The molecule has 110 valence electrons. The van der Waals surface area contributed by atoms with Gasteiger partial charge in [0.25, 0.3) is 5.91 Å². The molecule has 5 nitrogen and oxygen atoms in total. The third-order valence-corrected chi connectivity index (χ3v) is 4.35. The number of rotatable bonds is 3. The van der Waals surface area contributed by atoms with Crippen molar-refractivity contribution in [1.82, 2.24) is 9.88 Å². The summed E-state index contributed by atoms with van der Waals surface area (Å²) >= 11 is 3.41. The quantitative estimate of drug-likeness (QED) is 0.893. The first-order chi connectivity index (χ1) is 10.0. The Hall–Kier alpha value is -1.82. The lowest BCUT2D eigenvalue weighted by molar-refractivity contribution is -0.137. The van der Waals surface area contributed by atoms with Crippen LogP contribution in [0.5, 0.6) is 0 Å². The van der Waals surface area contributed by atoms with Crippen molar-refractivity contribution < 1.29 is 14.7 Å². The summed E-state index contributed by atoms with van der Waals surface area (Å²) < 4.78 is 0.956. The average Bonchev–Trinajstić information content (AvgIpc) is 3.03. The molecule has 1 aromatic heterocycles. The number of carboxylic acid groups (broad SMARTS) is 1. The molecule has 1 unspecified atom stereocenters. The lowest BCUT2D eigenvalue weighted by atomic mass is 10.1. The van der Waals surface area contributed by atoms with Gasteiger partial charge in [0, 0.05) is 28.0 Å². The normalized spacial score (nSPS) is 18.3. The van der Waals surface area contributed by atoms with Crippen LogP contribution in [0.25, 0.3) is 10.9 Å². The maximum absolute atomic E-state index is 12.6. The minimum atomic E-state index is -0.861. The standard InChI is InChI=1S/C15H15BrN2O3/c16-10-3-4-12-9(6-10)7-13(17-12)15(21)18-5-1-2-11(18)8-14(19)20/h3-4,6-7,11,17H,1-2,5,8H2,(H,19,20). The predicted octanol–water partition coefficient (Wildman–Crippen LogP) is 3.01. The van der Waals surface area contributed by atoms with Crippen LogP contribution >= 0.6 is 15.9 Å². The molecule has 0 saturated carbocycles. The second-order valence-electron chi connectivity index (χ2n) is 5.31. The fraction of sp³-hybridized carbons (Fsp3) is 0.333. The van der Waals surface area contributed by atoms with Gasteiger partial charge in [-0.1, -0.05) is 15.9 Å². The maximum atomic E-state index is 12.6. The lowest BCUT2D eigenvalue weighted by Crippen LogP contribution is -2.37. The number of hydrogen-bond donors (Lipinski definition) is 2. The van der Waals surface area contributed by atoms with Gasteiger partial charge in [-0.3, -0.25) is 9.59 Å². The summed E-state index contributed by atoms with van der Waals surface area (Å²) in [4.78, 5) is 28.3. The largest absolute Gasteiger partial charge is 0.481 e. The van der Waals surface area contributed by atoms with Gasteiger partial charge in [0.15, 0.2) is 0 Å². The monoisotopic (exact) mass is 350 g/mol. The molecule has 1 saturated heterocycles. The highest BCUT2D eigenvalue weighted by Gasteiger charge is 2.31. The number of hydrogen-bond acceptors (Lipinski definition) is 2. The van der Waals surface area contributed by atoms with Gasteiger partial charge in [-0.05, 0) is 37.1 Å². The molecule has 2 heterocycles. The van der Waals surface area contributed by atoms with Gasteiger partial charge in [-0.15, -0.1) is 0 Å². The van der Waals surface area contributed by atoms with Crippen LogP contribution in [0, 0.1) is 0 Å². The topological polar surface area (TPSA) is 73.4 Å². The van der Waals surface area contributed by atoms with E-state index in [-0.39, 0.29) is 18.4 Å². The van der Waals surface area contributed by atoms with Gasteiger partial charge in [0.05, 0.1) is 6.42 Å². The predicted molar refractivity (Wildman–Crippen MR) is 82.3 cm³/mol. The molecular formula is C15H15BrN2O3. The van der Waals surface area contributed by atoms with Crippen molar-refractivity contribution in [1.29, 1.82) is 0 Å². The molecule has 1 amide bonds. The SMILES string of the molecule is O=C(O)CC1CCCN1C(=O)c1cc2cc(Br)ccc2[nH]1. The van der Waals surface area contributed by atoms with Crippen LogP contribution in [0.3, 0.4) is 0 Å². The van der Waals surface area contributed by atoms with Crippen LogP contribution in [0.1, 0.15) is 29.8 Å². The molecule has 0 radical (unpaired) electrons. The molecule has 1 aromatic carbocycles. The number of nitrogens with zero attached hydrogens (tertiary/aromatic N) is 1. The van der Waals surface area contributed by atoms with Crippen LogP contribution in [-0.4, -0.2) is 39.5 Å². The molecule has 1 fully saturated rings. The van der Waals surface area contributed by atoms with Crippen molar-refractivity contribution in [3.8, 4) is 0 Å². The molecule has 2 N–H and O–H groups in total. The van der Waals surface area contributed by atoms with E-state index in [0.29, 0.717) is 12.2 Å². The Labute approximate surface area is 130 Å². The van der Waals surface area contributed by atoms with Crippen molar-refractivity contribution in [3.63, 3.8) is 0 Å². The minimum absolute atomic E-state index is 0.0114. The molecule has 1 aliphatic rings. The number of benzene rings is 1. The third kappa shape index (κ3) is 2.81. The van der Waals surface area contributed by atoms with Crippen LogP contribution in [0.2, 0.25) is 0 Å². The van der Waals surface area contributed by atoms with Gasteiger partial charge >= 0.3 is 5.97 Å². The van der Waals surface area contributed by atoms with E-state index < -0.39 is 5.97 Å². The van der Waals surface area contributed by atoms with E-state index in [0.717, 1.165) is 28.2 Å². The highest BCUT2D eigenvalue weighted by Crippen LogP contribution is 2.25. The van der Waals surface area contributed by atoms with E-state index >= 15 is 0 Å². The molecule has 1 atom stereocenters. The summed E-state index contributed by atoms with van der Waals surface area (Å²) in [5.74, 6) is -0.980. The third-order valence-electron chi connectivity index (χ3n) is 3.86. The van der Waals surface area contributed by atoms with Gasteiger partial charge in [0.2, 0.25) is 0 Å². The van der Waals surface area contributed by atoms with Crippen molar-refractivity contribution in [2.24, 2.45) is 0 Å². The summed E-state index contributed by atoms with van der Waals surface area (Å²) in [5.41, 5.74) is 1.41. The molecule has 0 bridgehead atoms. The zero-order valence-corrected chi connectivity index (χ0v) is 12.9. The van der Waals surface area contributed by atoms with E-state index in [1.54, 1.807) is 4.90 Å². The summed E-state index contributed by atoms with van der Waals surface area (Å²) in [5, 5.41) is 9.90. The fourth-order valence-corrected chi connectivity index (χ4v) is 3.27. The zero-order chi connectivity index (χ0) is 15.0. The number of nitrogens with one attached hydrogen (secondary N) is 1. The summed E-state index contributed by atoms with van der Waals surface area (Å²) in [6, 6.07) is 7.39. The number of H-pyrrole nitrogens is 1. The number of carbonyl (C=O) groups is 2. The van der Waals surface area contributed by atoms with Crippen molar-refractivity contribution in [3.05, 3.63) is 34.4 Å². The number of amides is 1. The number of aliphatic carboxylic acids is 1. The van der Waals surface area contributed by atoms with Crippen LogP contribution in [0.15, 0.2) is 28.7 Å². The van der Waals surface area contributed by atoms with Crippen molar-refractivity contribution in [2.75, 3.05) is 6.54 Å².